The molecule has 1 heterocycles. The van der Waals surface area contributed by atoms with Crippen molar-refractivity contribution in [1.29, 1.82) is 0 Å². The number of rotatable bonds is 3. The van der Waals surface area contributed by atoms with E-state index in [1.165, 1.54) is 7.11 Å². The second-order valence-electron chi connectivity index (χ2n) is 2.98. The number of halogens is 2. The number of nitrogens with zero attached hydrogens (tertiary/aromatic N) is 3. The number of hydrogen-bond donors (Lipinski definition) is 1. The highest BCUT2D eigenvalue weighted by molar-refractivity contribution is 6.34. The average Bonchev–Trinajstić information content (AvgIpc) is 2.21. The molecule has 16 heavy (non-hydrogen) atoms. The van der Waals surface area contributed by atoms with Crippen LogP contribution in [0.3, 0.4) is 0 Å². The van der Waals surface area contributed by atoms with Crippen molar-refractivity contribution in [1.82, 2.24) is 9.97 Å². The molecular weight excluding hydrogens is 251 g/mol. The van der Waals surface area contributed by atoms with Crippen molar-refractivity contribution in [2.75, 3.05) is 12.8 Å². The first-order valence-electron chi connectivity index (χ1n) is 4.68. The van der Waals surface area contributed by atoms with Crippen molar-refractivity contribution >= 4 is 40.6 Å². The van der Waals surface area contributed by atoms with E-state index < -0.39 is 0 Å². The molecule has 0 saturated heterocycles. The monoisotopic (exact) mass is 262 g/mol. The molecule has 5 nitrogen and oxygen atoms in total. The predicted octanol–water partition coefficient (Wildman–Crippen LogP) is 2.84. The molecule has 1 aromatic rings. The Morgan fingerprint density at radius 1 is 1.44 bits per heavy atom. The van der Waals surface area contributed by atoms with Crippen LogP contribution in [0.2, 0.25) is 10.4 Å². The van der Waals surface area contributed by atoms with E-state index in [1.807, 2.05) is 6.92 Å². The summed E-state index contributed by atoms with van der Waals surface area (Å²) in [5.41, 5.74) is 5.93. The average molecular weight is 263 g/mol. The highest BCUT2D eigenvalue weighted by Crippen LogP contribution is 2.29. The summed E-state index contributed by atoms with van der Waals surface area (Å²) in [7, 11) is 1.54. The van der Waals surface area contributed by atoms with Gasteiger partial charge in [-0.3, -0.25) is 0 Å². The summed E-state index contributed by atoms with van der Waals surface area (Å²) in [6.07, 6.45) is 1.59. The molecule has 88 valence electrons. The van der Waals surface area contributed by atoms with Gasteiger partial charge in [0.25, 0.3) is 0 Å². The zero-order valence-corrected chi connectivity index (χ0v) is 10.5. The maximum atomic E-state index is 5.86. The zero-order valence-electron chi connectivity index (χ0n) is 9.00. The third kappa shape index (κ3) is 3.21. The maximum Gasteiger partial charge on any atom is 0.225 e. The van der Waals surface area contributed by atoms with Gasteiger partial charge in [0.2, 0.25) is 5.28 Å². The van der Waals surface area contributed by atoms with Crippen LogP contribution in [-0.2, 0) is 4.74 Å². The molecule has 0 bridgehead atoms. The number of methoxy groups -OCH3 is 1. The normalized spacial score (nSPS) is 11.6. The lowest BCUT2D eigenvalue weighted by atomic mass is 10.3. The van der Waals surface area contributed by atoms with E-state index in [2.05, 4.69) is 15.0 Å². The van der Waals surface area contributed by atoms with E-state index in [0.29, 0.717) is 12.3 Å². The van der Waals surface area contributed by atoms with Crippen molar-refractivity contribution in [3.8, 4) is 0 Å². The number of anilines is 1. The molecule has 1 aromatic heterocycles. The molecule has 0 radical (unpaired) electrons. The van der Waals surface area contributed by atoms with Gasteiger partial charge in [-0.15, -0.1) is 0 Å². The van der Waals surface area contributed by atoms with Gasteiger partial charge in [0.05, 0.1) is 7.11 Å². The Morgan fingerprint density at radius 3 is 2.62 bits per heavy atom. The molecule has 7 heteroatoms. The van der Waals surface area contributed by atoms with E-state index in [1.54, 1.807) is 0 Å². The lowest BCUT2D eigenvalue weighted by Crippen LogP contribution is -2.02. The number of ether oxygens (including phenoxy) is 1. The number of aliphatic imine (C=N–C) groups is 1. The van der Waals surface area contributed by atoms with Crippen molar-refractivity contribution in [3.05, 3.63) is 10.4 Å². The summed E-state index contributed by atoms with van der Waals surface area (Å²) in [6, 6.07) is 0. The minimum atomic E-state index is -0.00379. The molecule has 0 atom stereocenters. The minimum absolute atomic E-state index is 0.00379. The summed E-state index contributed by atoms with van der Waals surface area (Å²) >= 11 is 11.4. The Balaban J connectivity index is 3.12. The SMILES string of the molecule is CCCC(=Nc1c(N)nc(Cl)nc1Cl)OC. The van der Waals surface area contributed by atoms with Gasteiger partial charge in [-0.05, 0) is 18.0 Å². The lowest BCUT2D eigenvalue weighted by Gasteiger charge is -2.06. The highest BCUT2D eigenvalue weighted by Gasteiger charge is 2.10. The third-order valence-corrected chi connectivity index (χ3v) is 2.21. The molecule has 0 spiro atoms. The number of nitrogens with two attached hydrogens (primary N) is 1. The molecule has 0 fully saturated rings. The van der Waals surface area contributed by atoms with E-state index in [-0.39, 0.29) is 21.9 Å². The van der Waals surface area contributed by atoms with Gasteiger partial charge < -0.3 is 10.5 Å². The third-order valence-electron chi connectivity index (χ3n) is 1.78. The predicted molar refractivity (Wildman–Crippen MR) is 65.5 cm³/mol. The molecule has 0 aliphatic rings. The zero-order chi connectivity index (χ0) is 12.1. The van der Waals surface area contributed by atoms with Crippen LogP contribution < -0.4 is 5.73 Å². The summed E-state index contributed by atoms with van der Waals surface area (Å²) in [5.74, 6) is 0.665. The summed E-state index contributed by atoms with van der Waals surface area (Å²) in [4.78, 5) is 11.7. The molecular formula is C9H12Cl2N4O. The first-order valence-corrected chi connectivity index (χ1v) is 5.44. The van der Waals surface area contributed by atoms with Gasteiger partial charge in [0.1, 0.15) is 5.69 Å². The minimum Gasteiger partial charge on any atom is -0.484 e. The van der Waals surface area contributed by atoms with Crippen molar-refractivity contribution < 1.29 is 4.74 Å². The molecule has 0 unspecified atom stereocenters. The summed E-state index contributed by atoms with van der Waals surface area (Å²) in [5, 5.41) is 0.110. The Morgan fingerprint density at radius 2 is 2.12 bits per heavy atom. The summed E-state index contributed by atoms with van der Waals surface area (Å²) < 4.78 is 5.08. The standard InChI is InChI=1S/C9H12Cl2N4O/c1-3-4-5(16-2)13-6-7(10)14-9(11)15-8(6)12/h3-4H2,1-2H3,(H2,12,14,15). The fourth-order valence-electron chi connectivity index (χ4n) is 1.06. The molecule has 1 rings (SSSR count). The van der Waals surface area contributed by atoms with Crippen molar-refractivity contribution in [2.45, 2.75) is 19.8 Å². The van der Waals surface area contributed by atoms with Gasteiger partial charge in [0.15, 0.2) is 16.9 Å². The van der Waals surface area contributed by atoms with Crippen molar-refractivity contribution in [2.24, 2.45) is 4.99 Å². The van der Waals surface area contributed by atoms with Gasteiger partial charge in [-0.1, -0.05) is 18.5 Å². The second-order valence-corrected chi connectivity index (χ2v) is 3.67. The van der Waals surface area contributed by atoms with Crippen LogP contribution in [0, 0.1) is 0 Å². The van der Waals surface area contributed by atoms with Gasteiger partial charge in [-0.25, -0.2) is 9.98 Å². The van der Waals surface area contributed by atoms with Crippen LogP contribution in [0.1, 0.15) is 19.8 Å². The van der Waals surface area contributed by atoms with Gasteiger partial charge >= 0.3 is 0 Å². The maximum absolute atomic E-state index is 5.86. The van der Waals surface area contributed by atoms with Gasteiger partial charge in [0, 0.05) is 6.42 Å². The number of hydrogen-bond acceptors (Lipinski definition) is 5. The molecule has 0 amide bonds. The van der Waals surface area contributed by atoms with Crippen LogP contribution in [0.5, 0.6) is 0 Å². The largest absolute Gasteiger partial charge is 0.484 e. The Hall–Kier alpha value is -1.07. The Kier molecular flexibility index (Phi) is 4.76. The fourth-order valence-corrected chi connectivity index (χ4v) is 1.50. The second kappa shape index (κ2) is 5.86. The van der Waals surface area contributed by atoms with Crippen LogP contribution in [0.4, 0.5) is 11.5 Å². The first kappa shape index (κ1) is 13.0. The van der Waals surface area contributed by atoms with Crippen LogP contribution in [0.25, 0.3) is 0 Å². The van der Waals surface area contributed by atoms with Crippen LogP contribution in [-0.4, -0.2) is 23.0 Å². The van der Waals surface area contributed by atoms with Crippen molar-refractivity contribution in [3.63, 3.8) is 0 Å². The quantitative estimate of drug-likeness (QED) is 0.394. The van der Waals surface area contributed by atoms with E-state index >= 15 is 0 Å². The van der Waals surface area contributed by atoms with E-state index in [9.17, 15) is 0 Å². The van der Waals surface area contributed by atoms with E-state index in [0.717, 1.165) is 6.42 Å². The first-order chi connectivity index (χ1) is 7.58. The highest BCUT2D eigenvalue weighted by atomic mass is 35.5. The smallest absolute Gasteiger partial charge is 0.225 e. The Labute approximate surface area is 104 Å². The lowest BCUT2D eigenvalue weighted by molar-refractivity contribution is 0.389. The molecule has 0 aromatic carbocycles. The van der Waals surface area contributed by atoms with Crippen LogP contribution in [0.15, 0.2) is 4.99 Å². The topological polar surface area (TPSA) is 73.4 Å². The van der Waals surface area contributed by atoms with E-state index in [4.69, 9.17) is 33.7 Å². The molecule has 2 N–H and O–H groups in total. The number of aromatic nitrogens is 2. The van der Waals surface area contributed by atoms with Gasteiger partial charge in [-0.2, -0.15) is 4.98 Å². The Bertz CT molecular complexity index is 385. The molecule has 0 saturated carbocycles. The van der Waals surface area contributed by atoms with Crippen LogP contribution >= 0.6 is 23.2 Å². The summed E-state index contributed by atoms with van der Waals surface area (Å²) in [6.45, 7) is 2.01. The fraction of sp³-hybridized carbons (Fsp3) is 0.444. The number of nitrogen functional groups attached to an aromatic ring is 1. The molecule has 0 aliphatic carbocycles. The molecule has 0 aliphatic heterocycles.